The summed E-state index contributed by atoms with van der Waals surface area (Å²) in [6.07, 6.45) is 0.323. The average molecular weight is 370 g/mol. The summed E-state index contributed by atoms with van der Waals surface area (Å²) in [7, 11) is -3.58. The molecule has 5 nitrogen and oxygen atoms in total. The van der Waals surface area contributed by atoms with E-state index < -0.39 is 10.0 Å². The van der Waals surface area contributed by atoms with Crippen LogP contribution in [0.3, 0.4) is 0 Å². The Morgan fingerprint density at radius 3 is 2.31 bits per heavy atom. The van der Waals surface area contributed by atoms with Crippen LogP contribution < -0.4 is 10.3 Å². The monoisotopic (exact) mass is 370 g/mol. The lowest BCUT2D eigenvalue weighted by Gasteiger charge is -2.09. The molecule has 0 aliphatic rings. The summed E-state index contributed by atoms with van der Waals surface area (Å²) in [6, 6.07) is 12.5. The highest BCUT2D eigenvalue weighted by atomic mass is 32.2. The average Bonchev–Trinajstić information content (AvgIpc) is 2.59. The van der Waals surface area contributed by atoms with Crippen LogP contribution in [0.4, 0.5) is 0 Å². The number of rotatable bonds is 5. The van der Waals surface area contributed by atoms with Gasteiger partial charge in [0.15, 0.2) is 0 Å². The fourth-order valence-corrected chi connectivity index (χ4v) is 3.96. The van der Waals surface area contributed by atoms with Gasteiger partial charge < -0.3 is 4.98 Å². The quantitative estimate of drug-likeness (QED) is 0.725. The van der Waals surface area contributed by atoms with Gasteiger partial charge in [-0.05, 0) is 56.5 Å². The van der Waals surface area contributed by atoms with Crippen LogP contribution in [-0.2, 0) is 16.4 Å². The Hall–Kier alpha value is -2.44. The van der Waals surface area contributed by atoms with Gasteiger partial charge in [-0.3, -0.25) is 4.79 Å². The Morgan fingerprint density at radius 1 is 0.962 bits per heavy atom. The fraction of sp³-hybridized carbons (Fsp3) is 0.250. The van der Waals surface area contributed by atoms with Gasteiger partial charge >= 0.3 is 0 Å². The van der Waals surface area contributed by atoms with Crippen molar-refractivity contribution in [2.45, 2.75) is 32.1 Å². The second-order valence-corrected chi connectivity index (χ2v) is 8.34. The predicted octanol–water partition coefficient (Wildman–Crippen LogP) is 2.97. The number of H-pyrrole nitrogens is 1. The van der Waals surface area contributed by atoms with Crippen molar-refractivity contribution in [2.75, 3.05) is 6.54 Å². The van der Waals surface area contributed by atoms with Gasteiger partial charge in [0.2, 0.25) is 10.0 Å². The molecular weight excluding hydrogens is 348 g/mol. The maximum atomic E-state index is 12.3. The molecule has 2 aromatic carbocycles. The molecule has 6 heteroatoms. The number of aryl methyl sites for hydroxylation is 3. The summed E-state index contributed by atoms with van der Waals surface area (Å²) < 4.78 is 27.2. The number of aromatic amines is 1. The second kappa shape index (κ2) is 7.05. The lowest BCUT2D eigenvalue weighted by Crippen LogP contribution is -2.27. The standard InChI is InChI=1S/C20H22N2O3S/c1-13-4-8-17(9-5-13)26(24,25)21-11-10-16-12-18-14(2)6-7-15(3)19(18)22-20(16)23/h4-9,12,21H,10-11H2,1-3H3,(H,22,23). The molecule has 0 aliphatic heterocycles. The lowest BCUT2D eigenvalue weighted by molar-refractivity contribution is 0.581. The highest BCUT2D eigenvalue weighted by molar-refractivity contribution is 7.89. The first-order chi connectivity index (χ1) is 12.3. The van der Waals surface area contributed by atoms with Crippen LogP contribution in [0.1, 0.15) is 22.3 Å². The number of sulfonamides is 1. The lowest BCUT2D eigenvalue weighted by atomic mass is 10.0. The number of aromatic nitrogens is 1. The molecule has 3 aromatic rings. The SMILES string of the molecule is Cc1ccc(S(=O)(=O)NCCc2cc3c(C)ccc(C)c3[nH]c2=O)cc1. The van der Waals surface area contributed by atoms with Crippen LogP contribution in [0.2, 0.25) is 0 Å². The number of hydrogen-bond donors (Lipinski definition) is 2. The van der Waals surface area contributed by atoms with E-state index >= 15 is 0 Å². The second-order valence-electron chi connectivity index (χ2n) is 6.57. The topological polar surface area (TPSA) is 79.0 Å². The van der Waals surface area contributed by atoms with Gasteiger partial charge in [0.05, 0.1) is 10.4 Å². The Balaban J connectivity index is 1.80. The van der Waals surface area contributed by atoms with Crippen molar-refractivity contribution in [1.82, 2.24) is 9.71 Å². The van der Waals surface area contributed by atoms with Gasteiger partial charge in [-0.15, -0.1) is 0 Å². The maximum absolute atomic E-state index is 12.3. The smallest absolute Gasteiger partial charge is 0.251 e. The number of hydrogen-bond acceptors (Lipinski definition) is 3. The van der Waals surface area contributed by atoms with Crippen LogP contribution in [0.25, 0.3) is 10.9 Å². The largest absolute Gasteiger partial charge is 0.321 e. The zero-order valence-electron chi connectivity index (χ0n) is 15.1. The maximum Gasteiger partial charge on any atom is 0.251 e. The molecule has 3 rings (SSSR count). The summed E-state index contributed by atoms with van der Waals surface area (Å²) in [4.78, 5) is 15.5. The highest BCUT2D eigenvalue weighted by Gasteiger charge is 2.14. The van der Waals surface area contributed by atoms with E-state index in [1.165, 1.54) is 0 Å². The van der Waals surface area contributed by atoms with E-state index in [1.54, 1.807) is 24.3 Å². The van der Waals surface area contributed by atoms with Gasteiger partial charge in [0, 0.05) is 17.5 Å². The van der Waals surface area contributed by atoms with Crippen molar-refractivity contribution in [3.05, 3.63) is 75.1 Å². The molecule has 0 fully saturated rings. The molecular formula is C20H22N2O3S. The van der Waals surface area contributed by atoms with Crippen molar-refractivity contribution in [2.24, 2.45) is 0 Å². The van der Waals surface area contributed by atoms with Gasteiger partial charge in [0.25, 0.3) is 5.56 Å². The molecule has 2 N–H and O–H groups in total. The predicted molar refractivity (Wildman–Crippen MR) is 104 cm³/mol. The number of nitrogens with one attached hydrogen (secondary N) is 2. The molecule has 26 heavy (non-hydrogen) atoms. The van der Waals surface area contributed by atoms with E-state index in [2.05, 4.69) is 9.71 Å². The van der Waals surface area contributed by atoms with Crippen LogP contribution >= 0.6 is 0 Å². The normalized spacial score (nSPS) is 11.8. The van der Waals surface area contributed by atoms with Crippen molar-refractivity contribution >= 4 is 20.9 Å². The molecule has 0 spiro atoms. The molecule has 1 aromatic heterocycles. The minimum absolute atomic E-state index is 0.162. The zero-order valence-corrected chi connectivity index (χ0v) is 15.9. The van der Waals surface area contributed by atoms with Gasteiger partial charge in [-0.2, -0.15) is 0 Å². The van der Waals surface area contributed by atoms with Crippen LogP contribution in [-0.4, -0.2) is 19.9 Å². The molecule has 0 radical (unpaired) electrons. The zero-order chi connectivity index (χ0) is 18.9. The third kappa shape index (κ3) is 3.71. The third-order valence-electron chi connectivity index (χ3n) is 4.54. The summed E-state index contributed by atoms with van der Waals surface area (Å²) in [5.41, 5.74) is 4.30. The van der Waals surface area contributed by atoms with Crippen LogP contribution in [0, 0.1) is 20.8 Å². The molecule has 0 bridgehead atoms. The first kappa shape index (κ1) is 18.4. The Labute approximate surface area is 153 Å². The van der Waals surface area contributed by atoms with Gasteiger partial charge in [-0.1, -0.05) is 29.8 Å². The molecule has 0 unspecified atom stereocenters. The van der Waals surface area contributed by atoms with Crippen molar-refractivity contribution in [3.8, 4) is 0 Å². The minimum atomic E-state index is -3.58. The Kier molecular flexibility index (Phi) is 4.98. The Morgan fingerprint density at radius 2 is 1.62 bits per heavy atom. The van der Waals surface area contributed by atoms with E-state index in [4.69, 9.17) is 0 Å². The Bertz CT molecular complexity index is 1110. The minimum Gasteiger partial charge on any atom is -0.321 e. The highest BCUT2D eigenvalue weighted by Crippen LogP contribution is 2.19. The van der Waals surface area contributed by atoms with Crippen LogP contribution in [0.5, 0.6) is 0 Å². The molecule has 0 amide bonds. The number of benzene rings is 2. The van der Waals surface area contributed by atoms with E-state index in [0.29, 0.717) is 12.0 Å². The van der Waals surface area contributed by atoms with Crippen LogP contribution in [0.15, 0.2) is 52.2 Å². The van der Waals surface area contributed by atoms with Crippen molar-refractivity contribution in [3.63, 3.8) is 0 Å². The first-order valence-electron chi connectivity index (χ1n) is 8.46. The van der Waals surface area contributed by atoms with E-state index in [-0.39, 0.29) is 17.0 Å². The van der Waals surface area contributed by atoms with E-state index in [0.717, 1.165) is 27.6 Å². The summed E-state index contributed by atoms with van der Waals surface area (Å²) >= 11 is 0. The van der Waals surface area contributed by atoms with Gasteiger partial charge in [-0.25, -0.2) is 13.1 Å². The molecule has 136 valence electrons. The molecule has 1 heterocycles. The van der Waals surface area contributed by atoms with E-state index in [1.807, 2.05) is 39.0 Å². The van der Waals surface area contributed by atoms with Crippen molar-refractivity contribution < 1.29 is 8.42 Å². The third-order valence-corrected chi connectivity index (χ3v) is 6.02. The van der Waals surface area contributed by atoms with E-state index in [9.17, 15) is 13.2 Å². The van der Waals surface area contributed by atoms with Crippen molar-refractivity contribution in [1.29, 1.82) is 0 Å². The summed E-state index contributed by atoms with van der Waals surface area (Å²) in [6.45, 7) is 6.01. The molecule has 0 saturated carbocycles. The molecule has 0 saturated heterocycles. The number of fused-ring (bicyclic) bond motifs is 1. The first-order valence-corrected chi connectivity index (χ1v) is 9.95. The molecule has 0 aliphatic carbocycles. The number of pyridine rings is 1. The fourth-order valence-electron chi connectivity index (χ4n) is 2.92. The summed E-state index contributed by atoms with van der Waals surface area (Å²) in [5.74, 6) is 0. The molecule has 0 atom stereocenters. The van der Waals surface area contributed by atoms with Gasteiger partial charge in [0.1, 0.15) is 0 Å². The summed E-state index contributed by atoms with van der Waals surface area (Å²) in [5, 5.41) is 0.987.